The normalized spacial score (nSPS) is 12.4. The van der Waals surface area contributed by atoms with Crippen LogP contribution in [0.15, 0.2) is 23.1 Å². The zero-order valence-electron chi connectivity index (χ0n) is 9.90. The highest BCUT2D eigenvalue weighted by Crippen LogP contribution is 2.24. The number of sulfonamides is 1. The molecule has 0 aliphatic rings. The van der Waals surface area contributed by atoms with Gasteiger partial charge in [-0.2, -0.15) is 4.72 Å². The van der Waals surface area contributed by atoms with Crippen LogP contribution in [0.3, 0.4) is 0 Å². The van der Waals surface area contributed by atoms with E-state index >= 15 is 0 Å². The number of hydrogen-bond donors (Lipinski definition) is 3. The van der Waals surface area contributed by atoms with Gasteiger partial charge in [0.05, 0.1) is 5.02 Å². The van der Waals surface area contributed by atoms with Gasteiger partial charge in [-0.05, 0) is 32.0 Å². The summed E-state index contributed by atoms with van der Waals surface area (Å²) in [6.45, 7) is 2.72. The van der Waals surface area contributed by atoms with E-state index in [1.807, 2.05) is 0 Å². The first kappa shape index (κ1) is 14.7. The fourth-order valence-electron chi connectivity index (χ4n) is 1.18. The molecule has 0 aromatic heterocycles. The second kappa shape index (κ2) is 4.75. The molecule has 0 spiro atoms. The Balaban J connectivity index is 3.19. The lowest BCUT2D eigenvalue weighted by molar-refractivity contribution is -0.122. The van der Waals surface area contributed by atoms with Crippen LogP contribution in [-0.2, 0) is 14.8 Å². The number of rotatable bonds is 4. The van der Waals surface area contributed by atoms with Gasteiger partial charge in [0.2, 0.25) is 15.9 Å². The summed E-state index contributed by atoms with van der Waals surface area (Å²) in [6, 6.07) is 3.97. The predicted molar refractivity (Wildman–Crippen MR) is 69.5 cm³/mol. The second-order valence-corrected chi connectivity index (χ2v) is 6.34. The van der Waals surface area contributed by atoms with E-state index in [0.717, 1.165) is 0 Å². The molecule has 0 radical (unpaired) electrons. The molecule has 0 bridgehead atoms. The van der Waals surface area contributed by atoms with Crippen molar-refractivity contribution in [2.75, 3.05) is 5.73 Å². The summed E-state index contributed by atoms with van der Waals surface area (Å²) in [5.41, 5.74) is 9.50. The van der Waals surface area contributed by atoms with E-state index in [0.29, 0.717) is 5.69 Å². The van der Waals surface area contributed by atoms with Crippen LogP contribution in [0.1, 0.15) is 13.8 Å². The third kappa shape index (κ3) is 3.12. The molecule has 18 heavy (non-hydrogen) atoms. The van der Waals surface area contributed by atoms with Gasteiger partial charge in [0.25, 0.3) is 0 Å². The minimum Gasteiger partial charge on any atom is -0.399 e. The third-order valence-electron chi connectivity index (χ3n) is 2.25. The Morgan fingerprint density at radius 2 is 1.94 bits per heavy atom. The topological polar surface area (TPSA) is 115 Å². The largest absolute Gasteiger partial charge is 0.399 e. The van der Waals surface area contributed by atoms with Gasteiger partial charge in [-0.15, -0.1) is 0 Å². The van der Waals surface area contributed by atoms with Crippen LogP contribution >= 0.6 is 11.6 Å². The van der Waals surface area contributed by atoms with Crippen LogP contribution in [0.4, 0.5) is 5.69 Å². The van der Waals surface area contributed by atoms with Gasteiger partial charge in [0.15, 0.2) is 0 Å². The van der Waals surface area contributed by atoms with Gasteiger partial charge in [-0.3, -0.25) is 4.79 Å². The quantitative estimate of drug-likeness (QED) is 0.699. The van der Waals surface area contributed by atoms with E-state index in [2.05, 4.69) is 4.72 Å². The molecular formula is C10H14ClN3O3S. The van der Waals surface area contributed by atoms with Gasteiger partial charge >= 0.3 is 0 Å². The lowest BCUT2D eigenvalue weighted by atomic mass is 10.1. The van der Waals surface area contributed by atoms with E-state index in [1.54, 1.807) is 0 Å². The molecule has 0 heterocycles. The van der Waals surface area contributed by atoms with Gasteiger partial charge in [-0.1, -0.05) is 11.6 Å². The number of benzene rings is 1. The number of nitrogens with one attached hydrogen (secondary N) is 1. The zero-order valence-corrected chi connectivity index (χ0v) is 11.5. The monoisotopic (exact) mass is 291 g/mol. The number of primary amides is 1. The molecule has 5 N–H and O–H groups in total. The van der Waals surface area contributed by atoms with Crippen LogP contribution in [0.5, 0.6) is 0 Å². The summed E-state index contributed by atoms with van der Waals surface area (Å²) in [5, 5.41) is -0.0252. The first-order chi connectivity index (χ1) is 8.06. The van der Waals surface area contributed by atoms with Gasteiger partial charge in [0, 0.05) is 5.69 Å². The maximum absolute atomic E-state index is 12.0. The lowest BCUT2D eigenvalue weighted by Crippen LogP contribution is -2.52. The Labute approximate surface area is 110 Å². The average Bonchev–Trinajstić information content (AvgIpc) is 2.14. The van der Waals surface area contributed by atoms with Crippen molar-refractivity contribution in [3.8, 4) is 0 Å². The molecule has 1 rings (SSSR count). The molecule has 0 atom stereocenters. The Morgan fingerprint density at radius 1 is 1.39 bits per heavy atom. The molecule has 6 nitrogen and oxygen atoms in total. The summed E-state index contributed by atoms with van der Waals surface area (Å²) in [4.78, 5) is 11.0. The standard InChI is InChI=1S/C10H14ClN3O3S/c1-10(2,9(13)15)14-18(16,17)8-4-3-6(12)5-7(8)11/h3-5,14H,12H2,1-2H3,(H2,13,15). The maximum Gasteiger partial charge on any atom is 0.243 e. The van der Waals surface area contributed by atoms with Crippen LogP contribution in [0.2, 0.25) is 5.02 Å². The Bertz CT molecular complexity index is 584. The zero-order chi connectivity index (χ0) is 14.1. The minimum atomic E-state index is -3.95. The Morgan fingerprint density at radius 3 is 2.39 bits per heavy atom. The van der Waals surface area contributed by atoms with Crippen molar-refractivity contribution in [1.82, 2.24) is 4.72 Å². The first-order valence-corrected chi connectivity index (χ1v) is 6.81. The Hall–Kier alpha value is -1.31. The third-order valence-corrected chi connectivity index (χ3v) is 4.39. The fraction of sp³-hybridized carbons (Fsp3) is 0.300. The van der Waals surface area contributed by atoms with Crippen molar-refractivity contribution in [1.29, 1.82) is 0 Å². The number of amides is 1. The second-order valence-electron chi connectivity index (χ2n) is 4.28. The van der Waals surface area contributed by atoms with Crippen LogP contribution in [0, 0.1) is 0 Å². The maximum atomic E-state index is 12.0. The van der Waals surface area contributed by atoms with Gasteiger partial charge in [-0.25, -0.2) is 8.42 Å². The summed E-state index contributed by atoms with van der Waals surface area (Å²) in [7, 11) is -3.95. The number of halogens is 1. The minimum absolute atomic E-state index is 0.0252. The van der Waals surface area contributed by atoms with Crippen LogP contribution in [0.25, 0.3) is 0 Å². The van der Waals surface area contributed by atoms with Crippen LogP contribution < -0.4 is 16.2 Å². The number of nitrogens with two attached hydrogens (primary N) is 2. The van der Waals surface area contributed by atoms with E-state index < -0.39 is 21.5 Å². The molecule has 0 unspecified atom stereocenters. The Kier molecular flexibility index (Phi) is 3.89. The highest BCUT2D eigenvalue weighted by Gasteiger charge is 2.32. The van der Waals surface area contributed by atoms with Gasteiger partial charge < -0.3 is 11.5 Å². The average molecular weight is 292 g/mol. The summed E-state index contributed by atoms with van der Waals surface area (Å²) >= 11 is 5.81. The predicted octanol–water partition coefficient (Wildman–Crippen LogP) is 0.464. The van der Waals surface area contributed by atoms with Crippen LogP contribution in [-0.4, -0.2) is 19.9 Å². The van der Waals surface area contributed by atoms with Crippen molar-refractivity contribution in [3.63, 3.8) is 0 Å². The molecule has 8 heteroatoms. The molecule has 0 aliphatic heterocycles. The molecule has 100 valence electrons. The van der Waals surface area contributed by atoms with Crippen molar-refractivity contribution in [3.05, 3.63) is 23.2 Å². The number of carbonyl (C=O) groups excluding carboxylic acids is 1. The summed E-state index contributed by atoms with van der Waals surface area (Å²) in [5.74, 6) is -0.794. The molecule has 0 fully saturated rings. The first-order valence-electron chi connectivity index (χ1n) is 4.95. The lowest BCUT2D eigenvalue weighted by Gasteiger charge is -2.22. The van der Waals surface area contributed by atoms with E-state index in [1.165, 1.54) is 32.0 Å². The number of carbonyl (C=O) groups is 1. The molecule has 0 saturated heterocycles. The molecular weight excluding hydrogens is 278 g/mol. The summed E-state index contributed by atoms with van der Waals surface area (Å²) < 4.78 is 26.3. The van der Waals surface area contributed by atoms with Crippen molar-refractivity contribution >= 4 is 33.2 Å². The van der Waals surface area contributed by atoms with Crippen molar-refractivity contribution < 1.29 is 13.2 Å². The number of hydrogen-bond acceptors (Lipinski definition) is 4. The smallest absolute Gasteiger partial charge is 0.243 e. The molecule has 1 aromatic carbocycles. The number of anilines is 1. The fourth-order valence-corrected chi connectivity index (χ4v) is 3.12. The van der Waals surface area contributed by atoms with Gasteiger partial charge in [0.1, 0.15) is 10.4 Å². The van der Waals surface area contributed by atoms with E-state index in [9.17, 15) is 13.2 Å². The summed E-state index contributed by atoms with van der Waals surface area (Å²) in [6.07, 6.45) is 0. The number of nitrogen functional groups attached to an aromatic ring is 1. The van der Waals surface area contributed by atoms with Crippen molar-refractivity contribution in [2.45, 2.75) is 24.3 Å². The SMILES string of the molecule is CC(C)(NS(=O)(=O)c1ccc(N)cc1Cl)C(N)=O. The molecule has 1 amide bonds. The van der Waals surface area contributed by atoms with E-state index in [-0.39, 0.29) is 9.92 Å². The molecule has 0 aliphatic carbocycles. The van der Waals surface area contributed by atoms with E-state index in [4.69, 9.17) is 23.1 Å². The highest BCUT2D eigenvalue weighted by atomic mass is 35.5. The molecule has 1 aromatic rings. The van der Waals surface area contributed by atoms with Crippen molar-refractivity contribution in [2.24, 2.45) is 5.73 Å². The highest BCUT2D eigenvalue weighted by molar-refractivity contribution is 7.89. The molecule has 0 saturated carbocycles.